The molecular weight excluding hydrogens is 398 g/mol. The van der Waals surface area contributed by atoms with Gasteiger partial charge in [-0.1, -0.05) is 40.9 Å². The standard InChI is InChI=1S/C17H11Cl3F3NO/c18-13-4-1-11(15(20)8-13)9-24-16(25)6-2-10-7-12(17(21,22)23)3-5-14(10)19/h1-8H,9H2,(H,24,25)/b6-2+. The van der Waals surface area contributed by atoms with Crippen LogP contribution in [0, 0.1) is 0 Å². The van der Waals surface area contributed by atoms with Crippen molar-refractivity contribution in [1.82, 2.24) is 5.32 Å². The summed E-state index contributed by atoms with van der Waals surface area (Å²) in [6, 6.07) is 7.73. The highest BCUT2D eigenvalue weighted by molar-refractivity contribution is 6.35. The lowest BCUT2D eigenvalue weighted by Gasteiger charge is -2.08. The van der Waals surface area contributed by atoms with Crippen LogP contribution >= 0.6 is 34.8 Å². The Hall–Kier alpha value is -1.69. The van der Waals surface area contributed by atoms with E-state index in [1.807, 2.05) is 0 Å². The topological polar surface area (TPSA) is 29.1 Å². The first-order valence-electron chi connectivity index (χ1n) is 6.93. The molecule has 0 aliphatic rings. The highest BCUT2D eigenvalue weighted by Gasteiger charge is 2.30. The molecule has 8 heteroatoms. The fourth-order valence-corrected chi connectivity index (χ4v) is 2.58. The third-order valence-corrected chi connectivity index (χ3v) is 4.14. The lowest BCUT2D eigenvalue weighted by atomic mass is 10.1. The van der Waals surface area contributed by atoms with Gasteiger partial charge in [0, 0.05) is 27.7 Å². The summed E-state index contributed by atoms with van der Waals surface area (Å²) < 4.78 is 38.1. The third-order valence-electron chi connectivity index (χ3n) is 3.21. The first kappa shape index (κ1) is 19.6. The summed E-state index contributed by atoms with van der Waals surface area (Å²) in [5.74, 6) is -0.500. The van der Waals surface area contributed by atoms with Gasteiger partial charge in [-0.05, 0) is 47.5 Å². The van der Waals surface area contributed by atoms with Crippen LogP contribution in [0.2, 0.25) is 15.1 Å². The van der Waals surface area contributed by atoms with Gasteiger partial charge in [0.05, 0.1) is 5.56 Å². The molecule has 2 rings (SSSR count). The van der Waals surface area contributed by atoms with Gasteiger partial charge in [-0.2, -0.15) is 13.2 Å². The zero-order valence-electron chi connectivity index (χ0n) is 12.5. The van der Waals surface area contributed by atoms with Gasteiger partial charge in [0.25, 0.3) is 0 Å². The molecule has 2 nitrogen and oxygen atoms in total. The Balaban J connectivity index is 2.05. The van der Waals surface area contributed by atoms with Crippen LogP contribution in [0.3, 0.4) is 0 Å². The van der Waals surface area contributed by atoms with E-state index in [0.29, 0.717) is 15.6 Å². The molecule has 0 unspecified atom stereocenters. The number of halogens is 6. The number of hydrogen-bond acceptors (Lipinski definition) is 1. The summed E-state index contributed by atoms with van der Waals surface area (Å²) in [6.45, 7) is 0.148. The van der Waals surface area contributed by atoms with Gasteiger partial charge in [-0.15, -0.1) is 0 Å². The average Bonchev–Trinajstić information content (AvgIpc) is 2.52. The summed E-state index contributed by atoms with van der Waals surface area (Å²) in [5.41, 5.74) is -0.0917. The maximum Gasteiger partial charge on any atom is 0.416 e. The molecular formula is C17H11Cl3F3NO. The van der Waals surface area contributed by atoms with E-state index >= 15 is 0 Å². The second-order valence-corrected chi connectivity index (χ2v) is 6.27. The van der Waals surface area contributed by atoms with Crippen LogP contribution in [0.15, 0.2) is 42.5 Å². The summed E-state index contributed by atoms with van der Waals surface area (Å²) >= 11 is 17.6. The molecule has 0 radical (unpaired) electrons. The van der Waals surface area contributed by atoms with E-state index in [9.17, 15) is 18.0 Å². The molecule has 1 N–H and O–H groups in total. The van der Waals surface area contributed by atoms with E-state index in [1.165, 1.54) is 6.08 Å². The number of carbonyl (C=O) groups excluding carboxylic acids is 1. The van der Waals surface area contributed by atoms with E-state index in [1.54, 1.807) is 18.2 Å². The molecule has 0 bridgehead atoms. The first-order valence-corrected chi connectivity index (χ1v) is 8.07. The maximum absolute atomic E-state index is 12.7. The van der Waals surface area contributed by atoms with Crippen LogP contribution in [0.5, 0.6) is 0 Å². The number of nitrogens with one attached hydrogen (secondary N) is 1. The van der Waals surface area contributed by atoms with Crippen molar-refractivity contribution >= 4 is 46.8 Å². The third kappa shape index (κ3) is 5.66. The van der Waals surface area contributed by atoms with Crippen LogP contribution < -0.4 is 5.32 Å². The van der Waals surface area contributed by atoms with Crippen molar-refractivity contribution in [1.29, 1.82) is 0 Å². The molecule has 2 aromatic rings. The normalized spacial score (nSPS) is 11.8. The van der Waals surface area contributed by atoms with Crippen molar-refractivity contribution in [3.8, 4) is 0 Å². The van der Waals surface area contributed by atoms with Gasteiger partial charge in [-0.25, -0.2) is 0 Å². The van der Waals surface area contributed by atoms with Gasteiger partial charge in [0.15, 0.2) is 0 Å². The van der Waals surface area contributed by atoms with Crippen LogP contribution in [0.1, 0.15) is 16.7 Å². The Morgan fingerprint density at radius 2 is 1.76 bits per heavy atom. The molecule has 25 heavy (non-hydrogen) atoms. The van der Waals surface area contributed by atoms with E-state index in [-0.39, 0.29) is 17.1 Å². The predicted molar refractivity (Wildman–Crippen MR) is 93.8 cm³/mol. The highest BCUT2D eigenvalue weighted by Crippen LogP contribution is 2.32. The minimum absolute atomic E-state index is 0.0937. The summed E-state index contributed by atoms with van der Waals surface area (Å²) in [7, 11) is 0. The molecule has 0 saturated carbocycles. The quantitative estimate of drug-likeness (QED) is 0.618. The largest absolute Gasteiger partial charge is 0.416 e. The van der Waals surface area contributed by atoms with E-state index < -0.39 is 17.6 Å². The molecule has 0 fully saturated rings. The van der Waals surface area contributed by atoms with E-state index in [2.05, 4.69) is 5.32 Å². The number of amides is 1. The summed E-state index contributed by atoms with van der Waals surface area (Å²) in [4.78, 5) is 11.8. The van der Waals surface area contributed by atoms with Crippen molar-refractivity contribution in [2.45, 2.75) is 12.7 Å². The van der Waals surface area contributed by atoms with Gasteiger partial charge in [0.2, 0.25) is 5.91 Å². The van der Waals surface area contributed by atoms with Crippen molar-refractivity contribution in [2.24, 2.45) is 0 Å². The number of rotatable bonds is 4. The van der Waals surface area contributed by atoms with Crippen LogP contribution in [0.25, 0.3) is 6.08 Å². The molecule has 0 saturated heterocycles. The van der Waals surface area contributed by atoms with Gasteiger partial charge >= 0.3 is 6.18 Å². The van der Waals surface area contributed by atoms with E-state index in [0.717, 1.165) is 24.3 Å². The number of carbonyl (C=O) groups is 1. The molecule has 0 aliphatic heterocycles. The zero-order valence-corrected chi connectivity index (χ0v) is 14.8. The smallest absolute Gasteiger partial charge is 0.348 e. The molecule has 1 amide bonds. The fraction of sp³-hybridized carbons (Fsp3) is 0.118. The molecule has 0 aliphatic carbocycles. The Kier molecular flexibility index (Phi) is 6.38. The Bertz CT molecular complexity index is 819. The lowest BCUT2D eigenvalue weighted by Crippen LogP contribution is -2.20. The van der Waals surface area contributed by atoms with Gasteiger partial charge < -0.3 is 5.32 Å². The van der Waals surface area contributed by atoms with Crippen LogP contribution in [0.4, 0.5) is 13.2 Å². The van der Waals surface area contributed by atoms with Crippen molar-refractivity contribution < 1.29 is 18.0 Å². The number of alkyl halides is 3. The Labute approximate surface area is 157 Å². The van der Waals surface area contributed by atoms with Crippen molar-refractivity contribution in [2.75, 3.05) is 0 Å². The highest BCUT2D eigenvalue weighted by atomic mass is 35.5. The zero-order chi connectivity index (χ0) is 18.6. The number of hydrogen-bond donors (Lipinski definition) is 1. The van der Waals surface area contributed by atoms with Crippen molar-refractivity contribution in [3.63, 3.8) is 0 Å². The molecule has 0 aromatic heterocycles. The molecule has 0 spiro atoms. The fourth-order valence-electron chi connectivity index (χ4n) is 1.92. The Morgan fingerprint density at radius 1 is 1.04 bits per heavy atom. The lowest BCUT2D eigenvalue weighted by molar-refractivity contribution is -0.137. The molecule has 0 heterocycles. The van der Waals surface area contributed by atoms with Crippen LogP contribution in [-0.2, 0) is 17.5 Å². The predicted octanol–water partition coefficient (Wildman–Crippen LogP) is 6.00. The Morgan fingerprint density at radius 3 is 2.40 bits per heavy atom. The average molecular weight is 409 g/mol. The molecule has 2 aromatic carbocycles. The van der Waals surface area contributed by atoms with E-state index in [4.69, 9.17) is 34.8 Å². The SMILES string of the molecule is O=C(/C=C/c1cc(C(F)(F)F)ccc1Cl)NCc1ccc(Cl)cc1Cl. The number of benzene rings is 2. The van der Waals surface area contributed by atoms with Gasteiger partial charge in [0.1, 0.15) is 0 Å². The second-order valence-electron chi connectivity index (χ2n) is 5.02. The monoisotopic (exact) mass is 407 g/mol. The first-order chi connectivity index (χ1) is 11.7. The van der Waals surface area contributed by atoms with Crippen molar-refractivity contribution in [3.05, 3.63) is 74.2 Å². The minimum atomic E-state index is -4.49. The van der Waals surface area contributed by atoms with Gasteiger partial charge in [-0.3, -0.25) is 4.79 Å². The maximum atomic E-state index is 12.7. The van der Waals surface area contributed by atoms with Crippen LogP contribution in [-0.4, -0.2) is 5.91 Å². The molecule has 0 atom stereocenters. The second kappa shape index (κ2) is 8.13. The summed E-state index contributed by atoms with van der Waals surface area (Å²) in [5, 5.41) is 3.56. The molecule has 132 valence electrons. The minimum Gasteiger partial charge on any atom is -0.348 e. The summed E-state index contributed by atoms with van der Waals surface area (Å²) in [6.07, 6.45) is -2.16.